The summed E-state index contributed by atoms with van der Waals surface area (Å²) in [6.07, 6.45) is 0. The van der Waals surface area contributed by atoms with Crippen LogP contribution in [0.2, 0.25) is 0 Å². The Labute approximate surface area is 53.2 Å². The summed E-state index contributed by atoms with van der Waals surface area (Å²) in [6.45, 7) is 5.05. The molecule has 3 heteroatoms. The molecule has 0 aliphatic heterocycles. The average molecular weight is 124 g/mol. The maximum absolute atomic E-state index is 10.4. The summed E-state index contributed by atoms with van der Waals surface area (Å²) in [5.41, 5.74) is 0.967. The highest BCUT2D eigenvalue weighted by Gasteiger charge is 1.97. The van der Waals surface area contributed by atoms with Gasteiger partial charge in [-0.2, -0.15) is 0 Å². The van der Waals surface area contributed by atoms with Gasteiger partial charge in [0.25, 0.3) is 5.82 Å². The van der Waals surface area contributed by atoms with Gasteiger partial charge in [-0.15, -0.1) is 0 Å². The third kappa shape index (κ3) is 1.10. The van der Waals surface area contributed by atoms with Crippen molar-refractivity contribution in [3.05, 3.63) is 23.0 Å². The highest BCUT2D eigenvalue weighted by molar-refractivity contribution is 5.28. The zero-order chi connectivity index (χ0) is 6.85. The fourth-order valence-corrected chi connectivity index (χ4v) is 0.635. The number of hydrogen-bond donors (Lipinski definition) is 1. The first kappa shape index (κ1) is 5.88. The molecule has 0 amide bonds. The van der Waals surface area contributed by atoms with Gasteiger partial charge in [0.05, 0.1) is 12.4 Å². The van der Waals surface area contributed by atoms with E-state index in [2.05, 4.69) is 11.7 Å². The predicted molar refractivity (Wildman–Crippen MR) is 35.9 cm³/mol. The van der Waals surface area contributed by atoms with Crippen molar-refractivity contribution in [1.82, 2.24) is 4.98 Å². The van der Waals surface area contributed by atoms with Gasteiger partial charge >= 0.3 is 0 Å². The Kier molecular flexibility index (Phi) is 1.26. The molecule has 3 nitrogen and oxygen atoms in total. The Balaban J connectivity index is 2.98. The SMILES string of the molecule is C=[N+]([O-])c1ccc(C)[nH]1. The van der Waals surface area contributed by atoms with E-state index in [0.717, 1.165) is 5.69 Å². The van der Waals surface area contributed by atoms with E-state index in [1.165, 1.54) is 0 Å². The van der Waals surface area contributed by atoms with Crippen molar-refractivity contribution >= 4 is 12.5 Å². The summed E-state index contributed by atoms with van der Waals surface area (Å²) in [5, 5.41) is 10.4. The van der Waals surface area contributed by atoms with E-state index in [-0.39, 0.29) is 0 Å². The lowest BCUT2D eigenvalue weighted by atomic mass is 10.5. The number of aromatic nitrogens is 1. The molecule has 0 aromatic carbocycles. The van der Waals surface area contributed by atoms with E-state index in [4.69, 9.17) is 0 Å². The standard InChI is InChI=1S/C6H8N2O/c1-5-3-4-6(7-5)8(2)9/h3-4,7H,2H2,1H3. The number of nitrogens with zero attached hydrogens (tertiary/aromatic N) is 1. The number of aryl methyl sites for hydroxylation is 1. The highest BCUT2D eigenvalue weighted by atomic mass is 16.5. The van der Waals surface area contributed by atoms with E-state index < -0.39 is 0 Å². The summed E-state index contributed by atoms with van der Waals surface area (Å²) in [5.74, 6) is 0.493. The zero-order valence-corrected chi connectivity index (χ0v) is 5.22. The van der Waals surface area contributed by atoms with E-state index in [0.29, 0.717) is 10.6 Å². The van der Waals surface area contributed by atoms with Crippen LogP contribution in [0, 0.1) is 12.1 Å². The molecule has 0 fully saturated rings. The number of aromatic amines is 1. The lowest BCUT2D eigenvalue weighted by Gasteiger charge is -1.98. The quantitative estimate of drug-likeness (QED) is 0.259. The van der Waals surface area contributed by atoms with Gasteiger partial charge in [-0.05, 0) is 13.0 Å². The van der Waals surface area contributed by atoms with Crippen LogP contribution in [0.1, 0.15) is 5.69 Å². The van der Waals surface area contributed by atoms with Crippen LogP contribution in [0.15, 0.2) is 12.1 Å². The van der Waals surface area contributed by atoms with Crippen molar-refractivity contribution in [3.63, 3.8) is 0 Å². The van der Waals surface area contributed by atoms with E-state index in [1.807, 2.05) is 13.0 Å². The molecule has 0 atom stereocenters. The van der Waals surface area contributed by atoms with Crippen LogP contribution in [-0.2, 0) is 0 Å². The summed E-state index contributed by atoms with van der Waals surface area (Å²) < 4.78 is 0.549. The molecule has 1 heterocycles. The van der Waals surface area contributed by atoms with Gasteiger partial charge in [-0.25, -0.2) is 9.72 Å². The first-order valence-electron chi connectivity index (χ1n) is 2.63. The largest absolute Gasteiger partial charge is 0.711 e. The van der Waals surface area contributed by atoms with Crippen LogP contribution in [0.3, 0.4) is 0 Å². The summed E-state index contributed by atoms with van der Waals surface area (Å²) in [7, 11) is 0. The van der Waals surface area contributed by atoms with Crippen LogP contribution >= 0.6 is 0 Å². The number of nitrogens with one attached hydrogen (secondary N) is 1. The monoisotopic (exact) mass is 124 g/mol. The number of rotatable bonds is 1. The van der Waals surface area contributed by atoms with Crippen LogP contribution in [-0.4, -0.2) is 16.4 Å². The Morgan fingerprint density at radius 1 is 1.67 bits per heavy atom. The first-order valence-corrected chi connectivity index (χ1v) is 2.63. The van der Waals surface area contributed by atoms with Crippen molar-refractivity contribution in [3.8, 4) is 0 Å². The van der Waals surface area contributed by atoms with E-state index in [9.17, 15) is 5.21 Å². The maximum Gasteiger partial charge on any atom is 0.281 e. The summed E-state index contributed by atoms with van der Waals surface area (Å²) >= 11 is 0. The van der Waals surface area contributed by atoms with Gasteiger partial charge in [0, 0.05) is 6.07 Å². The number of H-pyrrole nitrogens is 1. The molecule has 48 valence electrons. The Bertz CT molecular complexity index is 227. The molecule has 1 aromatic rings. The molecule has 0 bridgehead atoms. The van der Waals surface area contributed by atoms with Crippen molar-refractivity contribution in [1.29, 1.82) is 0 Å². The molecule has 0 spiro atoms. The lowest BCUT2D eigenvalue weighted by Crippen LogP contribution is -1.88. The average Bonchev–Trinajstić information content (AvgIpc) is 2.14. The molecule has 0 aliphatic carbocycles. The smallest absolute Gasteiger partial charge is 0.281 e. The molecule has 0 aliphatic rings. The molecule has 1 aromatic heterocycles. The molecule has 0 saturated heterocycles. The molecule has 0 saturated carbocycles. The van der Waals surface area contributed by atoms with Crippen molar-refractivity contribution in [2.75, 3.05) is 0 Å². The van der Waals surface area contributed by atoms with E-state index >= 15 is 0 Å². The Morgan fingerprint density at radius 3 is 2.56 bits per heavy atom. The fourth-order valence-electron chi connectivity index (χ4n) is 0.635. The molecular weight excluding hydrogens is 116 g/mol. The molecule has 9 heavy (non-hydrogen) atoms. The maximum atomic E-state index is 10.4. The predicted octanol–water partition coefficient (Wildman–Crippen LogP) is 1.17. The van der Waals surface area contributed by atoms with Gasteiger partial charge < -0.3 is 5.21 Å². The first-order chi connectivity index (χ1) is 4.20. The third-order valence-electron chi connectivity index (χ3n) is 1.09. The highest BCUT2D eigenvalue weighted by Crippen LogP contribution is 2.07. The van der Waals surface area contributed by atoms with Gasteiger partial charge in [-0.3, -0.25) is 0 Å². The topological polar surface area (TPSA) is 41.9 Å². The zero-order valence-electron chi connectivity index (χ0n) is 5.22. The van der Waals surface area contributed by atoms with Crippen molar-refractivity contribution in [2.24, 2.45) is 0 Å². The lowest BCUT2D eigenvalue weighted by molar-refractivity contribution is -0.354. The van der Waals surface area contributed by atoms with E-state index in [1.54, 1.807) is 6.07 Å². The minimum absolute atomic E-state index is 0.493. The van der Waals surface area contributed by atoms with Crippen molar-refractivity contribution in [2.45, 2.75) is 6.92 Å². The molecule has 0 radical (unpaired) electrons. The molecule has 1 rings (SSSR count). The minimum Gasteiger partial charge on any atom is -0.711 e. The van der Waals surface area contributed by atoms with Crippen LogP contribution < -0.4 is 0 Å². The second-order valence-corrected chi connectivity index (χ2v) is 1.91. The van der Waals surface area contributed by atoms with Crippen molar-refractivity contribution < 1.29 is 4.74 Å². The number of hydrogen-bond acceptors (Lipinski definition) is 1. The molecular formula is C6H8N2O. The van der Waals surface area contributed by atoms with Crippen LogP contribution in [0.25, 0.3) is 0 Å². The minimum atomic E-state index is 0.493. The van der Waals surface area contributed by atoms with Crippen LogP contribution in [0.4, 0.5) is 5.82 Å². The summed E-state index contributed by atoms with van der Waals surface area (Å²) in [6, 6.07) is 3.51. The molecule has 0 unspecified atom stereocenters. The van der Waals surface area contributed by atoms with Gasteiger partial charge in [0.2, 0.25) is 0 Å². The van der Waals surface area contributed by atoms with Crippen LogP contribution in [0.5, 0.6) is 0 Å². The van der Waals surface area contributed by atoms with Gasteiger partial charge in [0.1, 0.15) is 0 Å². The third-order valence-corrected chi connectivity index (χ3v) is 1.09. The molecule has 1 N–H and O–H groups in total. The second-order valence-electron chi connectivity index (χ2n) is 1.91. The fraction of sp³-hybridized carbons (Fsp3) is 0.167. The summed E-state index contributed by atoms with van der Waals surface area (Å²) in [4.78, 5) is 2.83. The second kappa shape index (κ2) is 1.93. The van der Waals surface area contributed by atoms with Gasteiger partial charge in [-0.1, -0.05) is 0 Å². The Morgan fingerprint density at radius 2 is 2.33 bits per heavy atom. The van der Waals surface area contributed by atoms with Gasteiger partial charge in [0.15, 0.2) is 0 Å². The Hall–Kier alpha value is -1.25. The normalized spacial score (nSPS) is 9.44.